The van der Waals surface area contributed by atoms with Crippen molar-refractivity contribution >= 4 is 5.69 Å². The molecule has 1 atom stereocenters. The van der Waals surface area contributed by atoms with Crippen LogP contribution in [0.5, 0.6) is 0 Å². The molecule has 1 N–H and O–H groups in total. The summed E-state index contributed by atoms with van der Waals surface area (Å²) in [6.07, 6.45) is 3.06. The Bertz CT molecular complexity index is 436. The molecular formula is C15H26N4O. The number of hydrogen-bond acceptors (Lipinski definition) is 5. The molecule has 112 valence electrons. The molecule has 2 heterocycles. The maximum Gasteiger partial charge on any atom is 0.131 e. The standard InChI is InChI=1S/C15H26N4O/c1-5-12-10-20-7-6-19(12)14-9-17-15(11(2)3)18-13(14)8-16-4/h9,11-12,16H,5-8,10H2,1-4H3. The molecule has 1 aliphatic rings. The molecule has 1 fully saturated rings. The summed E-state index contributed by atoms with van der Waals surface area (Å²) >= 11 is 0. The Hall–Kier alpha value is -1.20. The third-order valence-corrected chi connectivity index (χ3v) is 3.73. The Morgan fingerprint density at radius 1 is 1.50 bits per heavy atom. The SMILES string of the molecule is CCC1COCCN1c1cnc(C(C)C)nc1CNC. The van der Waals surface area contributed by atoms with Crippen molar-refractivity contribution < 1.29 is 4.74 Å². The summed E-state index contributed by atoms with van der Waals surface area (Å²) in [5, 5.41) is 3.21. The summed E-state index contributed by atoms with van der Waals surface area (Å²) in [4.78, 5) is 11.7. The van der Waals surface area contributed by atoms with Gasteiger partial charge in [-0.1, -0.05) is 20.8 Å². The van der Waals surface area contributed by atoms with E-state index in [1.165, 1.54) is 0 Å². The summed E-state index contributed by atoms with van der Waals surface area (Å²) in [6.45, 7) is 9.71. The fourth-order valence-electron chi connectivity index (χ4n) is 2.55. The molecule has 5 nitrogen and oxygen atoms in total. The van der Waals surface area contributed by atoms with Crippen LogP contribution in [0.3, 0.4) is 0 Å². The third-order valence-electron chi connectivity index (χ3n) is 3.73. The van der Waals surface area contributed by atoms with E-state index in [2.05, 4.69) is 36.0 Å². The van der Waals surface area contributed by atoms with E-state index in [9.17, 15) is 0 Å². The number of morpholine rings is 1. The molecule has 0 aliphatic carbocycles. The van der Waals surface area contributed by atoms with Gasteiger partial charge in [-0.15, -0.1) is 0 Å². The van der Waals surface area contributed by atoms with E-state index in [0.29, 0.717) is 12.0 Å². The smallest absolute Gasteiger partial charge is 0.131 e. The molecule has 0 spiro atoms. The number of anilines is 1. The van der Waals surface area contributed by atoms with E-state index in [1.54, 1.807) is 0 Å². The highest BCUT2D eigenvalue weighted by Gasteiger charge is 2.24. The van der Waals surface area contributed by atoms with Crippen LogP contribution in [0, 0.1) is 0 Å². The Morgan fingerprint density at radius 2 is 2.30 bits per heavy atom. The molecule has 1 saturated heterocycles. The van der Waals surface area contributed by atoms with Gasteiger partial charge in [-0.25, -0.2) is 9.97 Å². The summed E-state index contributed by atoms with van der Waals surface area (Å²) in [7, 11) is 1.96. The first-order valence-electron chi connectivity index (χ1n) is 7.52. The van der Waals surface area contributed by atoms with E-state index in [-0.39, 0.29) is 0 Å². The minimum atomic E-state index is 0.353. The number of aromatic nitrogens is 2. The number of hydrogen-bond donors (Lipinski definition) is 1. The number of ether oxygens (including phenoxy) is 1. The van der Waals surface area contributed by atoms with Crippen LogP contribution in [0.1, 0.15) is 44.6 Å². The zero-order valence-corrected chi connectivity index (χ0v) is 13.0. The molecule has 0 amide bonds. The Balaban J connectivity index is 2.33. The highest BCUT2D eigenvalue weighted by atomic mass is 16.5. The van der Waals surface area contributed by atoms with Crippen LogP contribution < -0.4 is 10.2 Å². The maximum absolute atomic E-state index is 5.59. The van der Waals surface area contributed by atoms with Gasteiger partial charge in [-0.2, -0.15) is 0 Å². The lowest BCUT2D eigenvalue weighted by atomic mass is 10.1. The average molecular weight is 278 g/mol. The van der Waals surface area contributed by atoms with Gasteiger partial charge in [0.1, 0.15) is 5.82 Å². The molecule has 2 rings (SSSR count). The van der Waals surface area contributed by atoms with Crippen LogP contribution in [0.25, 0.3) is 0 Å². The van der Waals surface area contributed by atoms with E-state index < -0.39 is 0 Å². The fourth-order valence-corrected chi connectivity index (χ4v) is 2.55. The highest BCUT2D eigenvalue weighted by molar-refractivity contribution is 5.50. The van der Waals surface area contributed by atoms with Gasteiger partial charge in [0, 0.05) is 19.0 Å². The van der Waals surface area contributed by atoms with Crippen molar-refractivity contribution in [2.75, 3.05) is 31.7 Å². The molecule has 0 bridgehead atoms. The predicted molar refractivity (Wildman–Crippen MR) is 81.1 cm³/mol. The summed E-state index contributed by atoms with van der Waals surface area (Å²) in [5.41, 5.74) is 2.24. The van der Waals surface area contributed by atoms with Crippen molar-refractivity contribution in [2.45, 2.75) is 45.7 Å². The van der Waals surface area contributed by atoms with Crippen molar-refractivity contribution in [1.82, 2.24) is 15.3 Å². The van der Waals surface area contributed by atoms with Gasteiger partial charge < -0.3 is 15.0 Å². The zero-order valence-electron chi connectivity index (χ0n) is 13.0. The normalized spacial score (nSPS) is 19.6. The second kappa shape index (κ2) is 6.99. The largest absolute Gasteiger partial charge is 0.377 e. The quantitative estimate of drug-likeness (QED) is 0.892. The molecule has 20 heavy (non-hydrogen) atoms. The molecule has 1 unspecified atom stereocenters. The van der Waals surface area contributed by atoms with Crippen molar-refractivity contribution in [2.24, 2.45) is 0 Å². The molecule has 0 radical (unpaired) electrons. The van der Waals surface area contributed by atoms with Crippen molar-refractivity contribution in [1.29, 1.82) is 0 Å². The molecule has 5 heteroatoms. The van der Waals surface area contributed by atoms with Gasteiger partial charge >= 0.3 is 0 Å². The first-order chi connectivity index (χ1) is 9.67. The zero-order chi connectivity index (χ0) is 14.5. The lowest BCUT2D eigenvalue weighted by Crippen LogP contribution is -2.46. The highest BCUT2D eigenvalue weighted by Crippen LogP contribution is 2.25. The van der Waals surface area contributed by atoms with Crippen LogP contribution in [0.2, 0.25) is 0 Å². The first kappa shape index (κ1) is 15.2. The summed E-state index contributed by atoms with van der Waals surface area (Å²) in [5.74, 6) is 1.27. The maximum atomic E-state index is 5.59. The van der Waals surface area contributed by atoms with Gasteiger partial charge in [-0.3, -0.25) is 0 Å². The van der Waals surface area contributed by atoms with Gasteiger partial charge in [0.25, 0.3) is 0 Å². The molecular weight excluding hydrogens is 252 g/mol. The fraction of sp³-hybridized carbons (Fsp3) is 0.733. The molecule has 1 aromatic heterocycles. The second-order valence-corrected chi connectivity index (χ2v) is 5.58. The molecule has 1 aromatic rings. The Morgan fingerprint density at radius 3 is 2.95 bits per heavy atom. The number of nitrogens with zero attached hydrogens (tertiary/aromatic N) is 3. The minimum Gasteiger partial charge on any atom is -0.377 e. The van der Waals surface area contributed by atoms with Gasteiger partial charge in [-0.05, 0) is 13.5 Å². The van der Waals surface area contributed by atoms with Crippen molar-refractivity contribution in [3.05, 3.63) is 17.7 Å². The topological polar surface area (TPSA) is 50.3 Å². The Kier molecular flexibility index (Phi) is 5.31. The van der Waals surface area contributed by atoms with E-state index in [1.807, 2.05) is 13.2 Å². The van der Waals surface area contributed by atoms with Crippen LogP contribution in [0.15, 0.2) is 6.20 Å². The second-order valence-electron chi connectivity index (χ2n) is 5.58. The van der Waals surface area contributed by atoms with Crippen molar-refractivity contribution in [3.8, 4) is 0 Å². The van der Waals surface area contributed by atoms with Gasteiger partial charge in [0.05, 0.1) is 36.8 Å². The lowest BCUT2D eigenvalue weighted by molar-refractivity contribution is 0.0928. The van der Waals surface area contributed by atoms with E-state index in [0.717, 1.165) is 49.9 Å². The van der Waals surface area contributed by atoms with Gasteiger partial charge in [0.15, 0.2) is 0 Å². The third kappa shape index (κ3) is 3.27. The van der Waals surface area contributed by atoms with Crippen LogP contribution in [-0.2, 0) is 11.3 Å². The van der Waals surface area contributed by atoms with Crippen LogP contribution in [-0.4, -0.2) is 42.8 Å². The molecule has 0 saturated carbocycles. The predicted octanol–water partition coefficient (Wildman–Crippen LogP) is 1.93. The summed E-state index contributed by atoms with van der Waals surface area (Å²) in [6, 6.07) is 0.424. The van der Waals surface area contributed by atoms with E-state index >= 15 is 0 Å². The molecule has 0 aromatic carbocycles. The number of nitrogens with one attached hydrogen (secondary N) is 1. The van der Waals surface area contributed by atoms with Crippen LogP contribution in [0.4, 0.5) is 5.69 Å². The summed E-state index contributed by atoms with van der Waals surface area (Å²) < 4.78 is 5.59. The minimum absolute atomic E-state index is 0.353. The number of rotatable bonds is 5. The van der Waals surface area contributed by atoms with Gasteiger partial charge in [0.2, 0.25) is 0 Å². The Labute approximate surface area is 121 Å². The molecule has 1 aliphatic heterocycles. The van der Waals surface area contributed by atoms with E-state index in [4.69, 9.17) is 9.72 Å². The monoisotopic (exact) mass is 278 g/mol. The van der Waals surface area contributed by atoms with Crippen LogP contribution >= 0.6 is 0 Å². The average Bonchev–Trinajstić information content (AvgIpc) is 2.47. The lowest BCUT2D eigenvalue weighted by Gasteiger charge is -2.37. The van der Waals surface area contributed by atoms with Crippen molar-refractivity contribution in [3.63, 3.8) is 0 Å². The first-order valence-corrected chi connectivity index (χ1v) is 7.52.